The van der Waals surface area contributed by atoms with Gasteiger partial charge in [-0.3, -0.25) is 0 Å². The first-order valence-corrected chi connectivity index (χ1v) is 5.98. The first kappa shape index (κ1) is 10.2. The summed E-state index contributed by atoms with van der Waals surface area (Å²) in [6.07, 6.45) is 2.97. The molecule has 1 heterocycles. The van der Waals surface area contributed by atoms with Crippen LogP contribution in [0.25, 0.3) is 10.9 Å². The van der Waals surface area contributed by atoms with Crippen LogP contribution in [0.2, 0.25) is 0 Å². The van der Waals surface area contributed by atoms with Crippen molar-refractivity contribution in [3.8, 4) is 0 Å². The maximum atomic E-state index is 4.58. The van der Waals surface area contributed by atoms with E-state index in [0.717, 1.165) is 22.7 Å². The highest BCUT2D eigenvalue weighted by molar-refractivity contribution is 7.99. The van der Waals surface area contributed by atoms with Crippen molar-refractivity contribution in [2.45, 2.75) is 11.4 Å². The van der Waals surface area contributed by atoms with Gasteiger partial charge in [-0.25, -0.2) is 4.98 Å². The van der Waals surface area contributed by atoms with Crippen LogP contribution in [0.5, 0.6) is 0 Å². The van der Waals surface area contributed by atoms with E-state index in [-0.39, 0.29) is 0 Å². The molecule has 0 saturated heterocycles. The first-order chi connectivity index (χ1) is 7.40. The molecule has 0 aliphatic carbocycles. The number of fused-ring (bicyclic) bond motifs is 1. The molecule has 0 saturated carbocycles. The van der Waals surface area contributed by atoms with Crippen molar-refractivity contribution in [1.82, 2.24) is 4.98 Å². The summed E-state index contributed by atoms with van der Waals surface area (Å²) in [5, 5.41) is 2.29. The van der Waals surface area contributed by atoms with Crippen LogP contribution >= 0.6 is 11.8 Å². The minimum absolute atomic E-state index is 1.03. The summed E-state index contributed by atoms with van der Waals surface area (Å²) in [4.78, 5) is 4.58. The van der Waals surface area contributed by atoms with E-state index in [4.69, 9.17) is 0 Å². The molecule has 0 amide bonds. The van der Waals surface area contributed by atoms with Gasteiger partial charge in [0.05, 0.1) is 10.5 Å². The summed E-state index contributed by atoms with van der Waals surface area (Å²) in [7, 11) is 0. The van der Waals surface area contributed by atoms with Crippen molar-refractivity contribution in [1.29, 1.82) is 0 Å². The molecule has 0 atom stereocenters. The van der Waals surface area contributed by atoms with Crippen molar-refractivity contribution < 1.29 is 0 Å². The number of pyridine rings is 1. The lowest BCUT2D eigenvalue weighted by Gasteiger charge is -2.01. The Kier molecular flexibility index (Phi) is 3.41. The number of rotatable bonds is 4. The lowest BCUT2D eigenvalue weighted by Crippen LogP contribution is -1.83. The number of nitrogens with zero attached hydrogens (tertiary/aromatic N) is 1. The number of aromatic nitrogens is 1. The summed E-state index contributed by atoms with van der Waals surface area (Å²) >= 11 is 1.78. The summed E-state index contributed by atoms with van der Waals surface area (Å²) in [6, 6.07) is 12.4. The van der Waals surface area contributed by atoms with Gasteiger partial charge < -0.3 is 0 Å². The second-order valence-electron chi connectivity index (χ2n) is 3.27. The largest absolute Gasteiger partial charge is 0.241 e. The number of allylic oxidation sites excluding steroid dienone is 1. The SMILES string of the molecule is C=CCCSc1ccc2ccccc2n1. The molecule has 0 N–H and O–H groups in total. The van der Waals surface area contributed by atoms with Crippen LogP contribution in [0, 0.1) is 0 Å². The van der Waals surface area contributed by atoms with Gasteiger partial charge in [0.1, 0.15) is 0 Å². The molecule has 76 valence electrons. The van der Waals surface area contributed by atoms with Gasteiger partial charge in [-0.1, -0.05) is 30.3 Å². The van der Waals surface area contributed by atoms with Gasteiger partial charge in [0, 0.05) is 11.1 Å². The molecule has 0 fully saturated rings. The molecule has 2 aromatic rings. The molecule has 2 rings (SSSR count). The van der Waals surface area contributed by atoms with E-state index in [1.54, 1.807) is 11.8 Å². The van der Waals surface area contributed by atoms with Gasteiger partial charge >= 0.3 is 0 Å². The highest BCUT2D eigenvalue weighted by atomic mass is 32.2. The maximum Gasteiger partial charge on any atom is 0.0967 e. The van der Waals surface area contributed by atoms with Gasteiger partial charge in [0.2, 0.25) is 0 Å². The fraction of sp³-hybridized carbons (Fsp3) is 0.154. The third kappa shape index (κ3) is 2.60. The predicted octanol–water partition coefficient (Wildman–Crippen LogP) is 3.90. The number of para-hydroxylation sites is 1. The Morgan fingerprint density at radius 1 is 1.20 bits per heavy atom. The van der Waals surface area contributed by atoms with Gasteiger partial charge in [-0.15, -0.1) is 18.3 Å². The minimum atomic E-state index is 1.03. The minimum Gasteiger partial charge on any atom is -0.241 e. The number of thioether (sulfide) groups is 1. The zero-order valence-electron chi connectivity index (χ0n) is 8.52. The third-order valence-electron chi connectivity index (χ3n) is 2.14. The summed E-state index contributed by atoms with van der Waals surface area (Å²) in [6.45, 7) is 3.71. The normalized spacial score (nSPS) is 10.4. The second-order valence-corrected chi connectivity index (χ2v) is 4.38. The molecule has 15 heavy (non-hydrogen) atoms. The molecular weight excluding hydrogens is 202 g/mol. The number of benzene rings is 1. The van der Waals surface area contributed by atoms with Gasteiger partial charge in [-0.05, 0) is 18.6 Å². The lowest BCUT2D eigenvalue weighted by atomic mass is 10.2. The molecule has 1 nitrogen and oxygen atoms in total. The highest BCUT2D eigenvalue weighted by Gasteiger charge is 1.97. The topological polar surface area (TPSA) is 12.9 Å². The zero-order valence-corrected chi connectivity index (χ0v) is 9.33. The number of hydrogen-bond acceptors (Lipinski definition) is 2. The van der Waals surface area contributed by atoms with E-state index in [0.29, 0.717) is 0 Å². The Hall–Kier alpha value is -1.28. The third-order valence-corrected chi connectivity index (χ3v) is 3.11. The summed E-state index contributed by atoms with van der Waals surface area (Å²) in [5.74, 6) is 1.05. The molecule has 0 unspecified atom stereocenters. The highest BCUT2D eigenvalue weighted by Crippen LogP contribution is 2.20. The molecule has 1 aromatic carbocycles. The van der Waals surface area contributed by atoms with Crippen molar-refractivity contribution in [3.63, 3.8) is 0 Å². The van der Waals surface area contributed by atoms with E-state index >= 15 is 0 Å². The quantitative estimate of drug-likeness (QED) is 0.436. The van der Waals surface area contributed by atoms with Crippen molar-refractivity contribution in [2.24, 2.45) is 0 Å². The molecule has 0 aliphatic heterocycles. The summed E-state index contributed by atoms with van der Waals surface area (Å²) in [5.41, 5.74) is 1.07. The van der Waals surface area contributed by atoms with Crippen LogP contribution in [0.15, 0.2) is 54.1 Å². The van der Waals surface area contributed by atoms with E-state index in [1.807, 2.05) is 24.3 Å². The van der Waals surface area contributed by atoms with E-state index in [2.05, 4.69) is 29.8 Å². The van der Waals surface area contributed by atoms with Crippen LogP contribution < -0.4 is 0 Å². The summed E-state index contributed by atoms with van der Waals surface area (Å²) < 4.78 is 0. The van der Waals surface area contributed by atoms with E-state index < -0.39 is 0 Å². The molecule has 0 bridgehead atoms. The van der Waals surface area contributed by atoms with E-state index in [1.165, 1.54) is 5.39 Å². The Labute approximate surface area is 94.2 Å². The van der Waals surface area contributed by atoms with Gasteiger partial charge in [0.25, 0.3) is 0 Å². The Bertz CT molecular complexity index is 465. The molecule has 1 aromatic heterocycles. The Morgan fingerprint density at radius 3 is 2.93 bits per heavy atom. The molecule has 0 spiro atoms. The van der Waals surface area contributed by atoms with Crippen molar-refractivity contribution in [3.05, 3.63) is 49.1 Å². The van der Waals surface area contributed by atoms with Crippen molar-refractivity contribution in [2.75, 3.05) is 5.75 Å². The molecule has 0 aliphatic rings. The monoisotopic (exact) mass is 215 g/mol. The fourth-order valence-electron chi connectivity index (χ4n) is 1.37. The van der Waals surface area contributed by atoms with Gasteiger partial charge in [-0.2, -0.15) is 0 Å². The predicted molar refractivity (Wildman–Crippen MR) is 67.3 cm³/mol. The fourth-order valence-corrected chi connectivity index (χ4v) is 2.20. The van der Waals surface area contributed by atoms with Crippen LogP contribution in [-0.2, 0) is 0 Å². The molecular formula is C13H13NS. The van der Waals surface area contributed by atoms with Crippen LogP contribution in [0.4, 0.5) is 0 Å². The maximum absolute atomic E-state index is 4.58. The van der Waals surface area contributed by atoms with E-state index in [9.17, 15) is 0 Å². The standard InChI is InChI=1S/C13H13NS/c1-2-3-10-15-13-9-8-11-6-4-5-7-12(11)14-13/h2,4-9H,1,3,10H2. The smallest absolute Gasteiger partial charge is 0.0967 e. The Balaban J connectivity index is 2.19. The average molecular weight is 215 g/mol. The van der Waals surface area contributed by atoms with Crippen LogP contribution in [-0.4, -0.2) is 10.7 Å². The lowest BCUT2D eigenvalue weighted by molar-refractivity contribution is 1.17. The average Bonchev–Trinajstić information content (AvgIpc) is 2.29. The molecule has 0 radical (unpaired) electrons. The Morgan fingerprint density at radius 2 is 2.07 bits per heavy atom. The number of hydrogen-bond donors (Lipinski definition) is 0. The zero-order chi connectivity index (χ0) is 10.5. The van der Waals surface area contributed by atoms with Crippen LogP contribution in [0.1, 0.15) is 6.42 Å². The molecule has 2 heteroatoms. The first-order valence-electron chi connectivity index (χ1n) is 4.99. The van der Waals surface area contributed by atoms with Gasteiger partial charge in [0.15, 0.2) is 0 Å². The second kappa shape index (κ2) is 4.99. The van der Waals surface area contributed by atoms with Crippen molar-refractivity contribution >= 4 is 22.7 Å². The van der Waals surface area contributed by atoms with Crippen LogP contribution in [0.3, 0.4) is 0 Å².